The van der Waals surface area contributed by atoms with Gasteiger partial charge in [-0.25, -0.2) is 4.98 Å². The van der Waals surface area contributed by atoms with E-state index in [1.165, 1.54) is 11.3 Å². The molecule has 3 N–H and O–H groups in total. The number of aromatic nitrogens is 1. The third-order valence-corrected chi connectivity index (χ3v) is 3.95. The summed E-state index contributed by atoms with van der Waals surface area (Å²) in [5.41, 5.74) is 0.758. The average Bonchev–Trinajstić information content (AvgIpc) is 2.61. The number of aliphatic hydroxyl groups is 1. The second-order valence-corrected chi connectivity index (χ2v) is 5.49. The Hall–Kier alpha value is -0.980. The molecular formula is C11H17N3O2S. The van der Waals surface area contributed by atoms with Crippen LogP contribution in [-0.2, 0) is 0 Å². The number of β-amino-alcohol motifs (C(OH)–C–C–N with tert-alkyl or cyclic N) is 1. The number of aryl methyl sites for hydroxylation is 2. The molecule has 5 nitrogen and oxygen atoms in total. The summed E-state index contributed by atoms with van der Waals surface area (Å²) in [5, 5.41) is 16.6. The molecule has 1 saturated heterocycles. The van der Waals surface area contributed by atoms with Crippen molar-refractivity contribution in [3.05, 3.63) is 15.6 Å². The van der Waals surface area contributed by atoms with E-state index >= 15 is 0 Å². The molecule has 0 radical (unpaired) electrons. The number of aliphatic hydroxyl groups excluding tert-OH is 1. The summed E-state index contributed by atoms with van der Waals surface area (Å²) in [6.45, 7) is 5.07. The maximum atomic E-state index is 12.0. The Balaban J connectivity index is 2.03. The highest BCUT2D eigenvalue weighted by molar-refractivity contribution is 7.13. The summed E-state index contributed by atoms with van der Waals surface area (Å²) in [6.07, 6.45) is 0.242. The van der Waals surface area contributed by atoms with Gasteiger partial charge in [-0.2, -0.15) is 0 Å². The smallest absolute Gasteiger partial charge is 0.263 e. The maximum Gasteiger partial charge on any atom is 0.263 e. The summed E-state index contributed by atoms with van der Waals surface area (Å²) in [5.74, 6) is -0.126. The molecule has 0 aliphatic carbocycles. The Morgan fingerprint density at radius 1 is 1.59 bits per heavy atom. The highest BCUT2D eigenvalue weighted by atomic mass is 32.1. The molecule has 2 heterocycles. The Morgan fingerprint density at radius 2 is 2.35 bits per heavy atom. The lowest BCUT2D eigenvalue weighted by Crippen LogP contribution is -2.52. The van der Waals surface area contributed by atoms with Crippen LogP contribution in [0.5, 0.6) is 0 Å². The van der Waals surface area contributed by atoms with E-state index in [1.54, 1.807) is 0 Å². The largest absolute Gasteiger partial charge is 0.390 e. The number of amides is 1. The molecule has 2 rings (SSSR count). The molecule has 1 aromatic rings. The molecule has 0 saturated carbocycles. The first-order valence-corrected chi connectivity index (χ1v) is 6.53. The van der Waals surface area contributed by atoms with Crippen LogP contribution in [0, 0.1) is 13.8 Å². The van der Waals surface area contributed by atoms with Gasteiger partial charge in [-0.05, 0) is 26.8 Å². The van der Waals surface area contributed by atoms with Crippen LogP contribution in [-0.4, -0.2) is 41.2 Å². The van der Waals surface area contributed by atoms with Crippen molar-refractivity contribution < 1.29 is 9.90 Å². The third kappa shape index (κ3) is 2.83. The van der Waals surface area contributed by atoms with Gasteiger partial charge in [-0.3, -0.25) is 4.79 Å². The fourth-order valence-electron chi connectivity index (χ4n) is 1.99. The lowest BCUT2D eigenvalue weighted by atomic mass is 10.0. The molecule has 1 fully saturated rings. The molecule has 1 amide bonds. The van der Waals surface area contributed by atoms with E-state index in [0.29, 0.717) is 11.4 Å². The van der Waals surface area contributed by atoms with E-state index in [-0.39, 0.29) is 11.9 Å². The fourth-order valence-corrected chi connectivity index (χ4v) is 2.81. The topological polar surface area (TPSA) is 74.2 Å². The summed E-state index contributed by atoms with van der Waals surface area (Å²) in [6, 6.07) is -0.162. The molecule has 17 heavy (non-hydrogen) atoms. The first kappa shape index (κ1) is 12.5. The van der Waals surface area contributed by atoms with E-state index in [0.717, 1.165) is 23.7 Å². The SMILES string of the molecule is Cc1nc(C)c(C(=O)N[C@@H]2CCNC[C@H]2O)s1. The molecule has 0 aromatic carbocycles. The van der Waals surface area contributed by atoms with Crippen molar-refractivity contribution in [3.8, 4) is 0 Å². The van der Waals surface area contributed by atoms with Gasteiger partial charge in [0, 0.05) is 6.54 Å². The Kier molecular flexibility index (Phi) is 3.76. The van der Waals surface area contributed by atoms with E-state index < -0.39 is 6.10 Å². The Bertz CT molecular complexity index is 419. The summed E-state index contributed by atoms with van der Waals surface area (Å²) in [4.78, 5) is 16.9. The van der Waals surface area contributed by atoms with Gasteiger partial charge in [-0.15, -0.1) is 11.3 Å². The third-order valence-electron chi connectivity index (χ3n) is 2.88. The number of carbonyl (C=O) groups is 1. The van der Waals surface area contributed by atoms with Gasteiger partial charge >= 0.3 is 0 Å². The van der Waals surface area contributed by atoms with Gasteiger partial charge in [0.25, 0.3) is 5.91 Å². The van der Waals surface area contributed by atoms with Gasteiger partial charge in [0.1, 0.15) is 4.88 Å². The lowest BCUT2D eigenvalue weighted by molar-refractivity contribution is 0.0768. The number of thiazole rings is 1. The maximum absolute atomic E-state index is 12.0. The van der Waals surface area contributed by atoms with Crippen LogP contribution in [0.1, 0.15) is 26.8 Å². The van der Waals surface area contributed by atoms with Gasteiger partial charge in [0.2, 0.25) is 0 Å². The molecule has 0 unspecified atom stereocenters. The van der Waals surface area contributed by atoms with E-state index in [4.69, 9.17) is 0 Å². The molecule has 94 valence electrons. The van der Waals surface area contributed by atoms with Crippen molar-refractivity contribution in [2.24, 2.45) is 0 Å². The summed E-state index contributed by atoms with van der Waals surface area (Å²) >= 11 is 1.39. The predicted molar refractivity (Wildman–Crippen MR) is 66.3 cm³/mol. The molecule has 1 aliphatic heterocycles. The monoisotopic (exact) mass is 255 g/mol. The molecule has 6 heteroatoms. The van der Waals surface area contributed by atoms with Crippen molar-refractivity contribution in [2.45, 2.75) is 32.4 Å². The standard InChI is InChI=1S/C11H17N3O2S/c1-6-10(17-7(2)13-6)11(16)14-8-3-4-12-5-9(8)15/h8-9,12,15H,3-5H2,1-2H3,(H,14,16)/t8-,9-/m1/s1. The first-order valence-electron chi connectivity index (χ1n) is 5.71. The van der Waals surface area contributed by atoms with Crippen LogP contribution in [0.15, 0.2) is 0 Å². The normalized spacial score (nSPS) is 24.6. The van der Waals surface area contributed by atoms with Crippen LogP contribution in [0.4, 0.5) is 0 Å². The average molecular weight is 255 g/mol. The number of hydrogen-bond donors (Lipinski definition) is 3. The van der Waals surface area contributed by atoms with Crippen molar-refractivity contribution in [2.75, 3.05) is 13.1 Å². The number of hydrogen-bond acceptors (Lipinski definition) is 5. The second-order valence-electron chi connectivity index (χ2n) is 4.29. The van der Waals surface area contributed by atoms with Crippen LogP contribution in [0.3, 0.4) is 0 Å². The summed E-state index contributed by atoms with van der Waals surface area (Å²) < 4.78 is 0. The van der Waals surface area contributed by atoms with Crippen LogP contribution in [0.25, 0.3) is 0 Å². The van der Waals surface area contributed by atoms with Gasteiger partial charge in [0.05, 0.1) is 22.8 Å². The first-order chi connectivity index (χ1) is 8.08. The molecular weight excluding hydrogens is 238 g/mol. The summed E-state index contributed by atoms with van der Waals surface area (Å²) in [7, 11) is 0. The Morgan fingerprint density at radius 3 is 2.94 bits per heavy atom. The van der Waals surface area contributed by atoms with Crippen LogP contribution in [0.2, 0.25) is 0 Å². The van der Waals surface area contributed by atoms with E-state index in [9.17, 15) is 9.90 Å². The molecule has 0 spiro atoms. The van der Waals surface area contributed by atoms with E-state index in [2.05, 4.69) is 15.6 Å². The van der Waals surface area contributed by atoms with Crippen molar-refractivity contribution in [1.82, 2.24) is 15.6 Å². The molecule has 1 aliphatic rings. The molecule has 0 bridgehead atoms. The highest BCUT2D eigenvalue weighted by Gasteiger charge is 2.25. The van der Waals surface area contributed by atoms with Gasteiger partial charge in [-0.1, -0.05) is 0 Å². The van der Waals surface area contributed by atoms with Crippen molar-refractivity contribution >= 4 is 17.2 Å². The Labute approximate surface area is 104 Å². The molecule has 1 aromatic heterocycles. The zero-order valence-corrected chi connectivity index (χ0v) is 10.8. The number of nitrogens with one attached hydrogen (secondary N) is 2. The minimum absolute atomic E-state index is 0.126. The fraction of sp³-hybridized carbons (Fsp3) is 0.636. The lowest BCUT2D eigenvalue weighted by Gasteiger charge is -2.28. The number of carbonyl (C=O) groups excluding carboxylic acids is 1. The predicted octanol–water partition coefficient (Wildman–Crippen LogP) is 0.213. The zero-order chi connectivity index (χ0) is 12.4. The number of rotatable bonds is 2. The van der Waals surface area contributed by atoms with Crippen molar-refractivity contribution in [3.63, 3.8) is 0 Å². The highest BCUT2D eigenvalue weighted by Crippen LogP contribution is 2.17. The van der Waals surface area contributed by atoms with Gasteiger partial charge < -0.3 is 15.7 Å². The van der Waals surface area contributed by atoms with Crippen LogP contribution < -0.4 is 10.6 Å². The van der Waals surface area contributed by atoms with Crippen LogP contribution >= 0.6 is 11.3 Å². The van der Waals surface area contributed by atoms with Crippen molar-refractivity contribution in [1.29, 1.82) is 0 Å². The number of nitrogens with zero attached hydrogens (tertiary/aromatic N) is 1. The zero-order valence-electron chi connectivity index (χ0n) is 9.99. The number of piperidine rings is 1. The minimum Gasteiger partial charge on any atom is -0.390 e. The van der Waals surface area contributed by atoms with Gasteiger partial charge in [0.15, 0.2) is 0 Å². The minimum atomic E-state index is -0.512. The van der Waals surface area contributed by atoms with E-state index in [1.807, 2.05) is 13.8 Å². The quantitative estimate of drug-likeness (QED) is 0.706. The molecule has 2 atom stereocenters. The second kappa shape index (κ2) is 5.12.